The maximum absolute atomic E-state index is 13.3. The van der Waals surface area contributed by atoms with Crippen molar-refractivity contribution in [3.8, 4) is 5.75 Å². The molecule has 0 atom stereocenters. The van der Waals surface area contributed by atoms with Crippen LogP contribution in [0, 0.1) is 12.7 Å². The third-order valence-corrected chi connectivity index (χ3v) is 5.47. The van der Waals surface area contributed by atoms with Crippen LogP contribution < -0.4 is 4.74 Å². The lowest BCUT2D eigenvalue weighted by Crippen LogP contribution is -1.98. The molecule has 3 aromatic rings. The first-order valence-corrected chi connectivity index (χ1v) is 10.1. The molecule has 6 heteroatoms. The van der Waals surface area contributed by atoms with Gasteiger partial charge in [-0.2, -0.15) is 0 Å². The van der Waals surface area contributed by atoms with Gasteiger partial charge in [-0.05, 0) is 91.9 Å². The Morgan fingerprint density at radius 2 is 1.78 bits per heavy atom. The summed E-state index contributed by atoms with van der Waals surface area (Å²) in [5, 5.41) is 0.688. The molecule has 3 rings (SSSR count). The molecule has 2 nitrogen and oxygen atoms in total. The topological polar surface area (TPSA) is 21.6 Å². The Hall–Kier alpha value is -1.69. The minimum Gasteiger partial charge on any atom is -0.487 e. The fourth-order valence-corrected chi connectivity index (χ4v) is 4.07. The first-order valence-electron chi connectivity index (χ1n) is 8.09. The van der Waals surface area contributed by atoms with Crippen LogP contribution in [-0.4, -0.2) is 6.21 Å². The number of aliphatic imine (C=N–C) groups is 1. The quantitative estimate of drug-likeness (QED) is 0.323. The number of ether oxygens (including phenoxy) is 1. The molecular weight excluding hydrogens is 496 g/mol. The van der Waals surface area contributed by atoms with Gasteiger partial charge in [-0.1, -0.05) is 29.8 Å². The molecule has 0 aromatic heterocycles. The lowest BCUT2D eigenvalue weighted by atomic mass is 10.2. The second-order valence-corrected chi connectivity index (χ2v) is 7.99. The number of rotatable bonds is 5. The van der Waals surface area contributed by atoms with E-state index in [1.165, 1.54) is 12.1 Å². The molecule has 3 aromatic carbocycles. The van der Waals surface area contributed by atoms with Gasteiger partial charge < -0.3 is 4.74 Å². The van der Waals surface area contributed by atoms with Gasteiger partial charge in [0.1, 0.15) is 18.2 Å². The van der Waals surface area contributed by atoms with Crippen molar-refractivity contribution in [2.45, 2.75) is 13.5 Å². The highest BCUT2D eigenvalue weighted by Gasteiger charge is 2.09. The SMILES string of the molecule is Cc1c(Cl)cccc1N=Cc1cc(Br)c(OCc2cccc(F)c2)c(Br)c1. The number of nitrogens with zero attached hydrogens (tertiary/aromatic N) is 1. The van der Waals surface area contributed by atoms with Crippen molar-refractivity contribution in [1.29, 1.82) is 0 Å². The van der Waals surface area contributed by atoms with Crippen molar-refractivity contribution in [3.63, 3.8) is 0 Å². The van der Waals surface area contributed by atoms with Crippen LogP contribution in [0.1, 0.15) is 16.7 Å². The van der Waals surface area contributed by atoms with E-state index in [4.69, 9.17) is 16.3 Å². The molecule has 0 radical (unpaired) electrons. The van der Waals surface area contributed by atoms with Gasteiger partial charge in [-0.3, -0.25) is 4.99 Å². The molecule has 0 saturated heterocycles. The molecule has 0 aliphatic heterocycles. The monoisotopic (exact) mass is 509 g/mol. The summed E-state index contributed by atoms with van der Waals surface area (Å²) in [6.45, 7) is 2.20. The van der Waals surface area contributed by atoms with Gasteiger partial charge in [-0.15, -0.1) is 0 Å². The highest BCUT2D eigenvalue weighted by molar-refractivity contribution is 9.11. The highest BCUT2D eigenvalue weighted by atomic mass is 79.9. The number of hydrogen-bond acceptors (Lipinski definition) is 2. The van der Waals surface area contributed by atoms with Crippen molar-refractivity contribution in [1.82, 2.24) is 0 Å². The fraction of sp³-hybridized carbons (Fsp3) is 0.0952. The van der Waals surface area contributed by atoms with Crippen LogP contribution in [0.2, 0.25) is 5.02 Å². The van der Waals surface area contributed by atoms with Crippen LogP contribution in [0.4, 0.5) is 10.1 Å². The van der Waals surface area contributed by atoms with Gasteiger partial charge in [0, 0.05) is 11.2 Å². The van der Waals surface area contributed by atoms with Crippen molar-refractivity contribution in [2.24, 2.45) is 4.99 Å². The van der Waals surface area contributed by atoms with E-state index in [9.17, 15) is 4.39 Å². The molecule has 0 amide bonds. The van der Waals surface area contributed by atoms with Crippen LogP contribution in [0.5, 0.6) is 5.75 Å². The van der Waals surface area contributed by atoms with E-state index in [2.05, 4.69) is 36.9 Å². The number of hydrogen-bond donors (Lipinski definition) is 0. The van der Waals surface area contributed by atoms with Gasteiger partial charge in [0.05, 0.1) is 14.6 Å². The molecule has 0 bridgehead atoms. The maximum Gasteiger partial charge on any atom is 0.148 e. The van der Waals surface area contributed by atoms with Crippen LogP contribution in [0.25, 0.3) is 0 Å². The lowest BCUT2D eigenvalue weighted by molar-refractivity contribution is 0.301. The normalized spacial score (nSPS) is 11.1. The molecule has 0 aliphatic rings. The fourth-order valence-electron chi connectivity index (χ4n) is 2.45. The summed E-state index contributed by atoms with van der Waals surface area (Å²) in [6, 6.07) is 15.8. The molecule has 0 aliphatic carbocycles. The highest BCUT2D eigenvalue weighted by Crippen LogP contribution is 2.35. The Morgan fingerprint density at radius 1 is 1.07 bits per heavy atom. The van der Waals surface area contributed by atoms with Crippen molar-refractivity contribution >= 4 is 55.4 Å². The predicted octanol–water partition coefficient (Wildman–Crippen LogP) is 7.64. The van der Waals surface area contributed by atoms with Crippen molar-refractivity contribution in [3.05, 3.63) is 91.1 Å². The smallest absolute Gasteiger partial charge is 0.148 e. The second kappa shape index (κ2) is 9.00. The Bertz CT molecular complexity index is 984. The number of benzene rings is 3. The average molecular weight is 512 g/mol. The molecule has 27 heavy (non-hydrogen) atoms. The summed E-state index contributed by atoms with van der Waals surface area (Å²) in [4.78, 5) is 4.52. The molecular formula is C21H15Br2ClFNO. The van der Waals surface area contributed by atoms with Gasteiger partial charge in [-0.25, -0.2) is 4.39 Å². The molecule has 0 spiro atoms. The zero-order valence-corrected chi connectivity index (χ0v) is 18.3. The lowest BCUT2D eigenvalue weighted by Gasteiger charge is -2.11. The number of halogens is 4. The predicted molar refractivity (Wildman–Crippen MR) is 116 cm³/mol. The zero-order valence-electron chi connectivity index (χ0n) is 14.3. The van der Waals surface area contributed by atoms with E-state index >= 15 is 0 Å². The Balaban J connectivity index is 1.78. The van der Waals surface area contributed by atoms with E-state index in [1.54, 1.807) is 12.3 Å². The summed E-state index contributed by atoms with van der Waals surface area (Å²) < 4.78 is 20.7. The average Bonchev–Trinajstić information content (AvgIpc) is 2.62. The third-order valence-electron chi connectivity index (χ3n) is 3.88. The van der Waals surface area contributed by atoms with E-state index < -0.39 is 0 Å². The Kier molecular flexibility index (Phi) is 6.68. The van der Waals surface area contributed by atoms with Gasteiger partial charge in [0.2, 0.25) is 0 Å². The largest absolute Gasteiger partial charge is 0.487 e. The Labute approximate surface area is 179 Å². The first kappa shape index (κ1) is 20.1. The molecule has 0 N–H and O–H groups in total. The summed E-state index contributed by atoms with van der Waals surface area (Å²) in [6.07, 6.45) is 1.77. The van der Waals surface area contributed by atoms with E-state index in [0.29, 0.717) is 10.8 Å². The minimum atomic E-state index is -0.280. The standard InChI is InChI=1S/C21H15Br2ClFNO/c1-13-19(24)6-3-7-20(13)26-11-15-9-17(22)21(18(23)10-15)27-12-14-4-2-5-16(25)8-14/h2-11H,12H2,1H3. The summed E-state index contributed by atoms with van der Waals surface area (Å²) in [5.41, 5.74) is 3.41. The zero-order chi connectivity index (χ0) is 19.4. The summed E-state index contributed by atoms with van der Waals surface area (Å²) >= 11 is 13.2. The summed E-state index contributed by atoms with van der Waals surface area (Å²) in [7, 11) is 0. The maximum atomic E-state index is 13.3. The van der Waals surface area contributed by atoms with Crippen LogP contribution in [0.15, 0.2) is 68.5 Å². The molecule has 0 heterocycles. The molecule has 0 unspecified atom stereocenters. The van der Waals surface area contributed by atoms with E-state index in [1.807, 2.05) is 43.3 Å². The second-order valence-electron chi connectivity index (χ2n) is 5.87. The first-order chi connectivity index (χ1) is 12.9. The van der Waals surface area contributed by atoms with Crippen LogP contribution >= 0.6 is 43.5 Å². The molecule has 138 valence electrons. The third kappa shape index (κ3) is 5.18. The van der Waals surface area contributed by atoms with E-state index in [0.717, 1.165) is 31.3 Å². The summed E-state index contributed by atoms with van der Waals surface area (Å²) in [5.74, 6) is 0.368. The molecule has 0 fully saturated rings. The van der Waals surface area contributed by atoms with Gasteiger partial charge in [0.15, 0.2) is 0 Å². The van der Waals surface area contributed by atoms with Crippen LogP contribution in [-0.2, 0) is 6.61 Å². The molecule has 0 saturated carbocycles. The Morgan fingerprint density at radius 3 is 2.48 bits per heavy atom. The minimum absolute atomic E-state index is 0.268. The van der Waals surface area contributed by atoms with Crippen molar-refractivity contribution in [2.75, 3.05) is 0 Å². The van der Waals surface area contributed by atoms with Gasteiger partial charge in [0.25, 0.3) is 0 Å². The van der Waals surface area contributed by atoms with Crippen molar-refractivity contribution < 1.29 is 9.13 Å². The van der Waals surface area contributed by atoms with Gasteiger partial charge >= 0.3 is 0 Å². The van der Waals surface area contributed by atoms with Crippen LogP contribution in [0.3, 0.4) is 0 Å². The van der Waals surface area contributed by atoms with E-state index in [-0.39, 0.29) is 12.4 Å².